The fraction of sp³-hybridized carbons (Fsp3) is 0.438. The number of hydrogen-bond acceptors (Lipinski definition) is 10. The van der Waals surface area contributed by atoms with Crippen molar-refractivity contribution in [1.82, 2.24) is 35.8 Å². The average molecular weight is 665 g/mol. The topological polar surface area (TPSA) is 199 Å². The number of rotatable bonds is 12. The van der Waals surface area contributed by atoms with Gasteiger partial charge in [0, 0.05) is 18.3 Å². The van der Waals surface area contributed by atoms with E-state index in [9.17, 15) is 24.0 Å². The summed E-state index contributed by atoms with van der Waals surface area (Å²) in [7, 11) is 0. The predicted molar refractivity (Wildman–Crippen MR) is 176 cm³/mol. The van der Waals surface area contributed by atoms with Gasteiger partial charge in [-0.05, 0) is 42.3 Å². The summed E-state index contributed by atoms with van der Waals surface area (Å²) < 4.78 is 7.09. The molecule has 0 radical (unpaired) electrons. The summed E-state index contributed by atoms with van der Waals surface area (Å²) in [5.74, 6) is -2.68. The number of primary amides is 1. The molecule has 5 amide bonds. The van der Waals surface area contributed by atoms with Gasteiger partial charge in [0.1, 0.15) is 28.6 Å². The smallest absolute Gasteiger partial charge is 0.319 e. The van der Waals surface area contributed by atoms with Crippen LogP contribution in [0.1, 0.15) is 53.9 Å². The number of ether oxygens (including phenoxy) is 1. The lowest BCUT2D eigenvalue weighted by Gasteiger charge is -2.35. The normalized spacial score (nSPS) is 17.4. The molecule has 1 aliphatic heterocycles. The number of Topliss-reactive ketones (excluding diaryl/α,β-unsaturated/α-hetero) is 1. The molecule has 0 unspecified atom stereocenters. The van der Waals surface area contributed by atoms with Crippen molar-refractivity contribution >= 4 is 51.1 Å². The first kappa shape index (κ1) is 34.9. The number of fused-ring (bicyclic) bond motifs is 1. The molecule has 1 fully saturated rings. The second-order valence-electron chi connectivity index (χ2n) is 12.4. The second kappa shape index (κ2) is 14.7. The van der Waals surface area contributed by atoms with Crippen molar-refractivity contribution in [1.29, 1.82) is 0 Å². The molecule has 3 aromatic rings. The number of aromatic nitrogens is 3. The van der Waals surface area contributed by atoms with E-state index in [0.29, 0.717) is 33.9 Å². The van der Waals surface area contributed by atoms with Crippen LogP contribution in [0.4, 0.5) is 4.79 Å². The lowest BCUT2D eigenvalue weighted by Crippen LogP contribution is -2.59. The summed E-state index contributed by atoms with van der Waals surface area (Å²) >= 11 is 1.38. The fourth-order valence-corrected chi connectivity index (χ4v) is 5.99. The standard InChI is InChI=1S/C32H40N8O6S/c1-7-10-19(23(41)26(33)42)37-28(43)22-15-18(16-40(22)30(44)25(32(4,5)6)38-31(45)35-17(2)3)46-29-24-20(12-14-47-24)36-27(39-29)21-11-8-9-13-34-21/h8-9,11-14,18-19,22,25H,2,7,10,15-16H2,1,3-6H3,(H2,33,42)(H,37,43)(H2,35,38,45)/t18-,19+,22+,25-/m1/s1. The average Bonchev–Trinajstić information content (AvgIpc) is 3.66. The van der Waals surface area contributed by atoms with Gasteiger partial charge < -0.3 is 31.3 Å². The monoisotopic (exact) mass is 664 g/mol. The molecular formula is C32H40N8O6S. The molecule has 4 atom stereocenters. The van der Waals surface area contributed by atoms with Gasteiger partial charge in [-0.15, -0.1) is 11.3 Å². The predicted octanol–water partition coefficient (Wildman–Crippen LogP) is 2.69. The molecule has 0 aromatic carbocycles. The van der Waals surface area contributed by atoms with E-state index in [2.05, 4.69) is 37.5 Å². The highest BCUT2D eigenvalue weighted by molar-refractivity contribution is 7.17. The van der Waals surface area contributed by atoms with Crippen molar-refractivity contribution in [3.05, 3.63) is 48.1 Å². The van der Waals surface area contributed by atoms with E-state index in [0.717, 1.165) is 0 Å². The number of allylic oxidation sites excluding steroid dienone is 1. The van der Waals surface area contributed by atoms with Gasteiger partial charge in [0.25, 0.3) is 5.91 Å². The number of nitrogens with zero attached hydrogens (tertiary/aromatic N) is 4. The van der Waals surface area contributed by atoms with Crippen LogP contribution in [0.25, 0.3) is 21.7 Å². The van der Waals surface area contributed by atoms with Crippen LogP contribution in [0, 0.1) is 5.41 Å². The number of carbonyl (C=O) groups excluding carboxylic acids is 5. The van der Waals surface area contributed by atoms with E-state index in [1.54, 1.807) is 52.9 Å². The summed E-state index contributed by atoms with van der Waals surface area (Å²) in [6, 6.07) is 3.25. The number of pyridine rings is 1. The van der Waals surface area contributed by atoms with Crippen LogP contribution in [0.15, 0.2) is 48.1 Å². The van der Waals surface area contributed by atoms with Gasteiger partial charge in [-0.25, -0.2) is 9.78 Å². The van der Waals surface area contributed by atoms with Crippen LogP contribution in [0.5, 0.6) is 5.88 Å². The zero-order valence-corrected chi connectivity index (χ0v) is 27.8. The molecule has 3 aromatic heterocycles. The fourth-order valence-electron chi connectivity index (χ4n) is 5.23. The van der Waals surface area contributed by atoms with Gasteiger partial charge >= 0.3 is 6.03 Å². The summed E-state index contributed by atoms with van der Waals surface area (Å²) in [6.07, 6.45) is 1.61. The van der Waals surface area contributed by atoms with E-state index < -0.39 is 59.2 Å². The third kappa shape index (κ3) is 8.47. The molecule has 0 saturated carbocycles. The highest BCUT2D eigenvalue weighted by Crippen LogP contribution is 2.34. The first-order valence-electron chi connectivity index (χ1n) is 15.2. The maximum Gasteiger partial charge on any atom is 0.319 e. The lowest BCUT2D eigenvalue weighted by molar-refractivity contribution is -0.143. The van der Waals surface area contributed by atoms with Crippen LogP contribution >= 0.6 is 11.3 Å². The zero-order chi connectivity index (χ0) is 34.5. The van der Waals surface area contributed by atoms with Gasteiger partial charge in [-0.2, -0.15) is 4.98 Å². The minimum Gasteiger partial charge on any atom is -0.471 e. The van der Waals surface area contributed by atoms with Gasteiger partial charge in [-0.3, -0.25) is 24.2 Å². The van der Waals surface area contributed by atoms with Crippen molar-refractivity contribution in [2.75, 3.05) is 6.54 Å². The third-order valence-corrected chi connectivity index (χ3v) is 8.35. The van der Waals surface area contributed by atoms with E-state index in [4.69, 9.17) is 10.5 Å². The first-order chi connectivity index (χ1) is 22.2. The molecule has 0 aliphatic carbocycles. The Morgan fingerprint density at radius 1 is 1.15 bits per heavy atom. The molecule has 4 heterocycles. The Bertz CT molecular complexity index is 1670. The number of nitrogens with two attached hydrogens (primary N) is 1. The SMILES string of the molecule is C=C(C)NC(=O)N[C@H](C(=O)N1C[C@H](Oc2nc(-c3ccccn3)nc3ccsc23)C[C@H]1C(=O)N[C@@H](CCC)C(=O)C(N)=O)C(C)(C)C. The Morgan fingerprint density at radius 3 is 2.51 bits per heavy atom. The largest absolute Gasteiger partial charge is 0.471 e. The molecule has 250 valence electrons. The van der Waals surface area contributed by atoms with Crippen LogP contribution in [0.3, 0.4) is 0 Å². The number of ketones is 1. The minimum absolute atomic E-state index is 0.0335. The maximum atomic E-state index is 14.2. The van der Waals surface area contributed by atoms with Gasteiger partial charge in [0.15, 0.2) is 5.82 Å². The van der Waals surface area contributed by atoms with Crippen molar-refractivity contribution in [2.24, 2.45) is 11.1 Å². The highest BCUT2D eigenvalue weighted by Gasteiger charge is 2.46. The zero-order valence-electron chi connectivity index (χ0n) is 27.0. The summed E-state index contributed by atoms with van der Waals surface area (Å²) in [5.41, 5.74) is 6.04. The molecule has 14 nitrogen and oxygen atoms in total. The second-order valence-corrected chi connectivity index (χ2v) is 13.4. The van der Waals surface area contributed by atoms with E-state index in [1.807, 2.05) is 17.5 Å². The lowest BCUT2D eigenvalue weighted by atomic mass is 9.85. The molecule has 5 N–H and O–H groups in total. The van der Waals surface area contributed by atoms with Gasteiger partial charge in [0.2, 0.25) is 23.5 Å². The number of amides is 5. The van der Waals surface area contributed by atoms with Gasteiger partial charge in [0.05, 0.1) is 18.1 Å². The minimum atomic E-state index is -1.17. The Balaban J connectivity index is 1.69. The van der Waals surface area contributed by atoms with Crippen LogP contribution in [-0.4, -0.2) is 80.2 Å². The maximum absolute atomic E-state index is 14.2. The number of hydrogen-bond donors (Lipinski definition) is 4. The van der Waals surface area contributed by atoms with Gasteiger partial charge in [-0.1, -0.05) is 46.8 Å². The molecule has 0 spiro atoms. The molecule has 1 saturated heterocycles. The van der Waals surface area contributed by atoms with Crippen LogP contribution in [-0.2, 0) is 19.2 Å². The van der Waals surface area contributed by atoms with E-state index >= 15 is 0 Å². The molecule has 0 bridgehead atoms. The molecular weight excluding hydrogens is 624 g/mol. The number of nitrogens with one attached hydrogen (secondary N) is 3. The van der Waals surface area contributed by atoms with Crippen LogP contribution < -0.4 is 26.4 Å². The van der Waals surface area contributed by atoms with E-state index in [1.165, 1.54) is 16.2 Å². The Labute approximate surface area is 276 Å². The number of thiophene rings is 1. The Hall–Kier alpha value is -4.92. The summed E-state index contributed by atoms with van der Waals surface area (Å²) in [6.45, 7) is 12.4. The van der Waals surface area contributed by atoms with Crippen molar-refractivity contribution in [2.45, 2.75) is 78.1 Å². The third-order valence-electron chi connectivity index (χ3n) is 7.46. The highest BCUT2D eigenvalue weighted by atomic mass is 32.1. The number of urea groups is 1. The molecule has 1 aliphatic rings. The summed E-state index contributed by atoms with van der Waals surface area (Å²) in [4.78, 5) is 79.9. The quantitative estimate of drug-likeness (QED) is 0.210. The first-order valence-corrected chi connectivity index (χ1v) is 16.1. The molecule has 15 heteroatoms. The molecule has 47 heavy (non-hydrogen) atoms. The van der Waals surface area contributed by atoms with E-state index in [-0.39, 0.29) is 25.3 Å². The molecule has 4 rings (SSSR count). The Kier molecular flexibility index (Phi) is 10.9. The number of carbonyl (C=O) groups is 5. The Morgan fingerprint density at radius 2 is 1.89 bits per heavy atom. The van der Waals surface area contributed by atoms with Crippen molar-refractivity contribution in [3.63, 3.8) is 0 Å². The van der Waals surface area contributed by atoms with Crippen molar-refractivity contribution in [3.8, 4) is 17.4 Å². The summed E-state index contributed by atoms with van der Waals surface area (Å²) in [5, 5.41) is 9.74. The van der Waals surface area contributed by atoms with Crippen molar-refractivity contribution < 1.29 is 28.7 Å². The number of likely N-dealkylation sites (tertiary alicyclic amines) is 1. The van der Waals surface area contributed by atoms with Crippen LogP contribution in [0.2, 0.25) is 0 Å².